The first-order chi connectivity index (χ1) is 12.6. The Morgan fingerprint density at radius 3 is 2.81 bits per heavy atom. The third kappa shape index (κ3) is 4.23. The monoisotopic (exact) mass is 358 g/mol. The van der Waals surface area contributed by atoms with Gasteiger partial charge in [0.05, 0.1) is 13.2 Å². The van der Waals surface area contributed by atoms with Crippen molar-refractivity contribution in [1.29, 1.82) is 0 Å². The zero-order chi connectivity index (χ0) is 18.5. The van der Waals surface area contributed by atoms with Crippen LogP contribution in [0.4, 0.5) is 0 Å². The van der Waals surface area contributed by atoms with E-state index in [1.807, 2.05) is 43.7 Å². The van der Waals surface area contributed by atoms with E-state index in [4.69, 9.17) is 4.74 Å². The molecule has 3 rings (SSSR count). The Balaban J connectivity index is 1.66. The van der Waals surface area contributed by atoms with Crippen molar-refractivity contribution >= 4 is 5.97 Å². The van der Waals surface area contributed by atoms with Crippen molar-refractivity contribution in [1.82, 2.24) is 19.8 Å². The largest absolute Gasteiger partial charge is 0.479 e. The van der Waals surface area contributed by atoms with E-state index in [2.05, 4.69) is 24.5 Å². The highest BCUT2D eigenvalue weighted by Gasteiger charge is 2.26. The fraction of sp³-hybridized carbons (Fsp3) is 0.474. The number of ether oxygens (including phenoxy) is 2. The number of piperazine rings is 1. The minimum absolute atomic E-state index is 0.249. The molecule has 0 saturated carbocycles. The number of rotatable bonds is 6. The average Bonchev–Trinajstić information content (AvgIpc) is 3.09. The number of benzene rings is 1. The number of nitrogens with zero attached hydrogens (tertiary/aromatic N) is 3. The van der Waals surface area contributed by atoms with E-state index in [1.54, 1.807) is 6.92 Å². The molecule has 1 N–H and O–H groups in total. The summed E-state index contributed by atoms with van der Waals surface area (Å²) in [7, 11) is 3.39. The van der Waals surface area contributed by atoms with Gasteiger partial charge in [0.25, 0.3) is 0 Å². The minimum Gasteiger partial charge on any atom is -0.479 e. The first-order valence-corrected chi connectivity index (χ1v) is 8.84. The van der Waals surface area contributed by atoms with Crippen LogP contribution in [0, 0.1) is 0 Å². The molecule has 0 spiro atoms. The van der Waals surface area contributed by atoms with Crippen LogP contribution in [0.25, 0.3) is 0 Å². The molecular formula is C19H26N4O3. The van der Waals surface area contributed by atoms with E-state index in [0.29, 0.717) is 5.75 Å². The lowest BCUT2D eigenvalue weighted by Crippen LogP contribution is -2.46. The number of hydrogen-bond donors (Lipinski definition) is 1. The van der Waals surface area contributed by atoms with Crippen molar-refractivity contribution in [2.45, 2.75) is 25.6 Å². The normalized spacial score (nSPS) is 19.1. The first-order valence-electron chi connectivity index (χ1n) is 8.84. The predicted molar refractivity (Wildman–Crippen MR) is 97.8 cm³/mol. The van der Waals surface area contributed by atoms with E-state index < -0.39 is 6.10 Å². The van der Waals surface area contributed by atoms with Crippen LogP contribution in [0.15, 0.2) is 36.7 Å². The van der Waals surface area contributed by atoms with Crippen molar-refractivity contribution in [2.75, 3.05) is 26.7 Å². The summed E-state index contributed by atoms with van der Waals surface area (Å²) in [6.07, 6.45) is 3.21. The molecule has 1 aliphatic rings. The maximum atomic E-state index is 11.5. The third-order valence-corrected chi connectivity index (χ3v) is 4.67. The molecule has 0 radical (unpaired) electrons. The molecule has 7 nitrogen and oxygen atoms in total. The molecule has 2 atom stereocenters. The van der Waals surface area contributed by atoms with Gasteiger partial charge in [0, 0.05) is 45.6 Å². The second kappa shape index (κ2) is 8.33. The lowest BCUT2D eigenvalue weighted by atomic mass is 10.1. The van der Waals surface area contributed by atoms with Crippen LogP contribution in [0.3, 0.4) is 0 Å². The zero-order valence-electron chi connectivity index (χ0n) is 15.5. The molecule has 2 heterocycles. The van der Waals surface area contributed by atoms with E-state index in [0.717, 1.165) is 32.0 Å². The Hall–Kier alpha value is -2.38. The van der Waals surface area contributed by atoms with Gasteiger partial charge in [0.1, 0.15) is 11.6 Å². The van der Waals surface area contributed by atoms with Crippen LogP contribution in [-0.4, -0.2) is 53.3 Å². The number of carbonyl (C=O) groups is 1. The predicted octanol–water partition coefficient (Wildman–Crippen LogP) is 1.51. The minimum atomic E-state index is -0.619. The molecule has 26 heavy (non-hydrogen) atoms. The van der Waals surface area contributed by atoms with Crippen molar-refractivity contribution in [3.05, 3.63) is 48.0 Å². The average molecular weight is 358 g/mol. The highest BCUT2D eigenvalue weighted by atomic mass is 16.6. The highest BCUT2D eigenvalue weighted by molar-refractivity contribution is 5.74. The van der Waals surface area contributed by atoms with E-state index >= 15 is 0 Å². The zero-order valence-corrected chi connectivity index (χ0v) is 15.5. The molecule has 140 valence electrons. The van der Waals surface area contributed by atoms with Gasteiger partial charge < -0.3 is 19.4 Å². The number of aromatic nitrogens is 2. The Kier molecular flexibility index (Phi) is 5.90. The lowest BCUT2D eigenvalue weighted by Gasteiger charge is -2.35. The fourth-order valence-electron chi connectivity index (χ4n) is 3.21. The van der Waals surface area contributed by atoms with Gasteiger partial charge in [0.2, 0.25) is 0 Å². The third-order valence-electron chi connectivity index (χ3n) is 4.67. The molecule has 7 heteroatoms. The molecule has 1 aromatic heterocycles. The highest BCUT2D eigenvalue weighted by Crippen LogP contribution is 2.23. The van der Waals surface area contributed by atoms with E-state index in [-0.39, 0.29) is 12.0 Å². The molecule has 0 bridgehead atoms. The SMILES string of the molecule is COC(=O)C(C)Oc1ccc(CN2CCNCC2c2nccn2C)cc1. The molecule has 0 aliphatic carbocycles. The van der Waals surface area contributed by atoms with Crippen LogP contribution in [0.1, 0.15) is 24.4 Å². The molecular weight excluding hydrogens is 332 g/mol. The Morgan fingerprint density at radius 1 is 1.38 bits per heavy atom. The van der Waals surface area contributed by atoms with Crippen molar-refractivity contribution in [3.63, 3.8) is 0 Å². The van der Waals surface area contributed by atoms with Gasteiger partial charge in [-0.3, -0.25) is 4.90 Å². The van der Waals surface area contributed by atoms with Gasteiger partial charge in [-0.25, -0.2) is 9.78 Å². The second-order valence-electron chi connectivity index (χ2n) is 6.51. The molecule has 1 aromatic carbocycles. The van der Waals surface area contributed by atoms with Crippen LogP contribution < -0.4 is 10.1 Å². The Morgan fingerprint density at radius 2 is 2.15 bits per heavy atom. The molecule has 1 aliphatic heterocycles. The van der Waals surface area contributed by atoms with Crippen LogP contribution in [0.5, 0.6) is 5.75 Å². The maximum Gasteiger partial charge on any atom is 0.346 e. The Labute approximate surface area is 153 Å². The quantitative estimate of drug-likeness (QED) is 0.790. The standard InChI is InChI=1S/C19H26N4O3/c1-14(19(24)25-3)26-16-6-4-15(5-7-16)13-23-11-8-20-12-17(23)18-21-9-10-22(18)2/h4-7,9-10,14,17,20H,8,11-13H2,1-3H3. The van der Waals surface area contributed by atoms with Gasteiger partial charge in [-0.2, -0.15) is 0 Å². The maximum absolute atomic E-state index is 11.5. The van der Waals surface area contributed by atoms with Crippen LogP contribution >= 0.6 is 0 Å². The Bertz CT molecular complexity index is 729. The molecule has 0 amide bonds. The van der Waals surface area contributed by atoms with Gasteiger partial charge in [-0.05, 0) is 24.6 Å². The number of imidazole rings is 1. The summed E-state index contributed by atoms with van der Waals surface area (Å²) in [5.41, 5.74) is 1.20. The summed E-state index contributed by atoms with van der Waals surface area (Å²) in [5.74, 6) is 1.35. The molecule has 2 unspecified atom stereocenters. The molecule has 1 saturated heterocycles. The summed E-state index contributed by atoms with van der Waals surface area (Å²) in [5, 5.41) is 3.45. The number of carbonyl (C=O) groups excluding carboxylic acids is 1. The number of esters is 1. The summed E-state index contributed by atoms with van der Waals surface area (Å²) >= 11 is 0. The van der Waals surface area contributed by atoms with Crippen molar-refractivity contribution < 1.29 is 14.3 Å². The summed E-state index contributed by atoms with van der Waals surface area (Å²) < 4.78 is 12.4. The van der Waals surface area contributed by atoms with Gasteiger partial charge in [0.15, 0.2) is 6.10 Å². The molecule has 1 fully saturated rings. The summed E-state index contributed by atoms with van der Waals surface area (Å²) in [4.78, 5) is 18.4. The van der Waals surface area contributed by atoms with Crippen LogP contribution in [-0.2, 0) is 23.1 Å². The van der Waals surface area contributed by atoms with Crippen molar-refractivity contribution in [2.24, 2.45) is 7.05 Å². The first kappa shape index (κ1) is 18.4. The van der Waals surface area contributed by atoms with E-state index in [9.17, 15) is 4.79 Å². The smallest absolute Gasteiger partial charge is 0.346 e. The lowest BCUT2D eigenvalue weighted by molar-refractivity contribution is -0.147. The van der Waals surface area contributed by atoms with Gasteiger partial charge in [-0.1, -0.05) is 12.1 Å². The van der Waals surface area contributed by atoms with E-state index in [1.165, 1.54) is 12.7 Å². The number of nitrogens with one attached hydrogen (secondary N) is 1. The number of hydrogen-bond acceptors (Lipinski definition) is 6. The second-order valence-corrected chi connectivity index (χ2v) is 6.51. The molecule has 2 aromatic rings. The summed E-state index contributed by atoms with van der Waals surface area (Å²) in [6, 6.07) is 8.12. The summed E-state index contributed by atoms with van der Waals surface area (Å²) in [6.45, 7) is 5.35. The topological polar surface area (TPSA) is 68.6 Å². The van der Waals surface area contributed by atoms with Crippen LogP contribution in [0.2, 0.25) is 0 Å². The van der Waals surface area contributed by atoms with Gasteiger partial charge in [-0.15, -0.1) is 0 Å². The number of aryl methyl sites for hydroxylation is 1. The number of methoxy groups -OCH3 is 1. The fourth-order valence-corrected chi connectivity index (χ4v) is 3.21. The van der Waals surface area contributed by atoms with Gasteiger partial charge >= 0.3 is 5.97 Å². The van der Waals surface area contributed by atoms with Crippen molar-refractivity contribution in [3.8, 4) is 5.75 Å².